The third kappa shape index (κ3) is 3.30. The first-order valence-corrected chi connectivity index (χ1v) is 6.73. The summed E-state index contributed by atoms with van der Waals surface area (Å²) in [5.41, 5.74) is 8.03. The Morgan fingerprint density at radius 3 is 2.33 bits per heavy atom. The summed E-state index contributed by atoms with van der Waals surface area (Å²) < 4.78 is 13.2. The first kappa shape index (κ1) is 15.1. The quantitative estimate of drug-likeness (QED) is 0.842. The van der Waals surface area contributed by atoms with Crippen LogP contribution in [0.1, 0.15) is 43.9 Å². The molecule has 0 fully saturated rings. The van der Waals surface area contributed by atoms with Gasteiger partial charge in [-0.3, -0.25) is 4.90 Å². The van der Waals surface area contributed by atoms with E-state index in [-0.39, 0.29) is 11.9 Å². The second-order valence-corrected chi connectivity index (χ2v) is 4.89. The van der Waals surface area contributed by atoms with Gasteiger partial charge in [0.25, 0.3) is 0 Å². The van der Waals surface area contributed by atoms with Crippen molar-refractivity contribution in [1.82, 2.24) is 4.90 Å². The highest BCUT2D eigenvalue weighted by Crippen LogP contribution is 2.26. The Hall–Kier alpha value is -0.930. The lowest BCUT2D eigenvalue weighted by Gasteiger charge is -2.34. The fourth-order valence-electron chi connectivity index (χ4n) is 2.64. The van der Waals surface area contributed by atoms with E-state index in [1.807, 2.05) is 13.0 Å². The first-order chi connectivity index (χ1) is 8.54. The number of likely N-dealkylation sites (N-methyl/N-ethyl adjacent to an activating group) is 1. The highest BCUT2D eigenvalue weighted by atomic mass is 19.1. The number of hydrogen-bond donors (Lipinski definition) is 1. The van der Waals surface area contributed by atoms with Crippen LogP contribution in [-0.2, 0) is 0 Å². The molecule has 0 heterocycles. The minimum absolute atomic E-state index is 0.162. The van der Waals surface area contributed by atoms with Crippen LogP contribution in [0, 0.1) is 12.7 Å². The van der Waals surface area contributed by atoms with E-state index >= 15 is 0 Å². The van der Waals surface area contributed by atoms with Crippen molar-refractivity contribution in [2.45, 2.75) is 45.7 Å². The maximum Gasteiger partial charge on any atom is 0.123 e. The average Bonchev–Trinajstić information content (AvgIpc) is 2.34. The molecular weight excluding hydrogens is 227 g/mol. The van der Waals surface area contributed by atoms with Crippen LogP contribution in [0.3, 0.4) is 0 Å². The van der Waals surface area contributed by atoms with Crippen LogP contribution in [0.4, 0.5) is 4.39 Å². The smallest absolute Gasteiger partial charge is 0.123 e. The molecule has 0 aromatic heterocycles. The third-order valence-corrected chi connectivity index (χ3v) is 3.82. The maximum atomic E-state index is 13.2. The molecule has 1 unspecified atom stereocenters. The second kappa shape index (κ2) is 6.86. The molecule has 102 valence electrons. The molecule has 0 aliphatic rings. The summed E-state index contributed by atoms with van der Waals surface area (Å²) in [5.74, 6) is -0.183. The van der Waals surface area contributed by atoms with Crippen molar-refractivity contribution in [3.63, 3.8) is 0 Å². The molecule has 1 aromatic carbocycles. The molecular formula is C15H25FN2. The molecule has 1 atom stereocenters. The van der Waals surface area contributed by atoms with Gasteiger partial charge in [0.1, 0.15) is 5.82 Å². The summed E-state index contributed by atoms with van der Waals surface area (Å²) in [4.78, 5) is 2.32. The SMILES string of the molecule is CCC(CC)N(C)C(CN)c1ccc(F)cc1C. The monoisotopic (exact) mass is 252 g/mol. The molecule has 1 rings (SSSR count). The minimum atomic E-state index is -0.183. The van der Waals surface area contributed by atoms with Gasteiger partial charge >= 0.3 is 0 Å². The fraction of sp³-hybridized carbons (Fsp3) is 0.600. The summed E-state index contributed by atoms with van der Waals surface area (Å²) in [6.45, 7) is 6.88. The lowest BCUT2D eigenvalue weighted by atomic mass is 9.97. The normalized spacial score (nSPS) is 13.3. The zero-order valence-corrected chi connectivity index (χ0v) is 11.9. The molecule has 18 heavy (non-hydrogen) atoms. The van der Waals surface area contributed by atoms with Gasteiger partial charge < -0.3 is 5.73 Å². The molecule has 0 saturated heterocycles. The number of rotatable bonds is 6. The van der Waals surface area contributed by atoms with E-state index in [1.165, 1.54) is 6.07 Å². The summed E-state index contributed by atoms with van der Waals surface area (Å²) >= 11 is 0. The van der Waals surface area contributed by atoms with Gasteiger partial charge in [0.15, 0.2) is 0 Å². The second-order valence-electron chi connectivity index (χ2n) is 4.89. The van der Waals surface area contributed by atoms with Crippen LogP contribution >= 0.6 is 0 Å². The lowest BCUT2D eigenvalue weighted by molar-refractivity contribution is 0.167. The molecule has 1 aromatic rings. The Bertz CT molecular complexity index is 375. The molecule has 0 amide bonds. The Kier molecular flexibility index (Phi) is 5.76. The van der Waals surface area contributed by atoms with Crippen molar-refractivity contribution in [2.75, 3.05) is 13.6 Å². The van der Waals surface area contributed by atoms with Gasteiger partial charge in [-0.1, -0.05) is 19.9 Å². The predicted octanol–water partition coefficient (Wildman–Crippen LogP) is 3.25. The zero-order valence-electron chi connectivity index (χ0n) is 11.9. The standard InChI is InChI=1S/C15H25FN2/c1-5-13(6-2)18(4)15(10-17)14-8-7-12(16)9-11(14)3/h7-9,13,15H,5-6,10,17H2,1-4H3. The van der Waals surface area contributed by atoms with Crippen LogP contribution in [0.2, 0.25) is 0 Å². The van der Waals surface area contributed by atoms with Crippen molar-refractivity contribution >= 4 is 0 Å². The van der Waals surface area contributed by atoms with E-state index < -0.39 is 0 Å². The minimum Gasteiger partial charge on any atom is -0.329 e. The molecule has 3 heteroatoms. The zero-order chi connectivity index (χ0) is 13.7. The highest BCUT2D eigenvalue weighted by Gasteiger charge is 2.22. The van der Waals surface area contributed by atoms with Gasteiger partial charge in [-0.05, 0) is 50.1 Å². The summed E-state index contributed by atoms with van der Waals surface area (Å²) in [6, 6.07) is 5.64. The molecule has 2 nitrogen and oxygen atoms in total. The molecule has 2 N–H and O–H groups in total. The Balaban J connectivity index is 3.01. The van der Waals surface area contributed by atoms with Crippen LogP contribution in [0.5, 0.6) is 0 Å². The first-order valence-electron chi connectivity index (χ1n) is 6.73. The molecule has 0 aliphatic carbocycles. The summed E-state index contributed by atoms with van der Waals surface area (Å²) in [7, 11) is 2.11. The van der Waals surface area contributed by atoms with Gasteiger partial charge in [0, 0.05) is 18.6 Å². The Morgan fingerprint density at radius 2 is 1.89 bits per heavy atom. The van der Waals surface area contributed by atoms with Crippen LogP contribution < -0.4 is 5.73 Å². The van der Waals surface area contributed by atoms with E-state index in [0.717, 1.165) is 24.0 Å². The molecule has 0 radical (unpaired) electrons. The van der Waals surface area contributed by atoms with Crippen molar-refractivity contribution in [2.24, 2.45) is 5.73 Å². The highest BCUT2D eigenvalue weighted by molar-refractivity contribution is 5.30. The number of hydrogen-bond acceptors (Lipinski definition) is 2. The number of benzene rings is 1. The average molecular weight is 252 g/mol. The predicted molar refractivity (Wildman–Crippen MR) is 75.1 cm³/mol. The van der Waals surface area contributed by atoms with Crippen molar-refractivity contribution in [3.8, 4) is 0 Å². The van der Waals surface area contributed by atoms with E-state index in [4.69, 9.17) is 5.73 Å². The number of nitrogens with zero attached hydrogens (tertiary/aromatic N) is 1. The summed E-state index contributed by atoms with van der Waals surface area (Å²) in [6.07, 6.45) is 2.20. The van der Waals surface area contributed by atoms with Crippen molar-refractivity contribution in [3.05, 3.63) is 35.1 Å². The van der Waals surface area contributed by atoms with Crippen LogP contribution in [-0.4, -0.2) is 24.5 Å². The topological polar surface area (TPSA) is 29.3 Å². The van der Waals surface area contributed by atoms with Gasteiger partial charge in [-0.25, -0.2) is 4.39 Å². The van der Waals surface area contributed by atoms with Gasteiger partial charge in [0.2, 0.25) is 0 Å². The lowest BCUT2D eigenvalue weighted by Crippen LogP contribution is -2.38. The van der Waals surface area contributed by atoms with Gasteiger partial charge in [0.05, 0.1) is 0 Å². The molecule has 0 saturated carbocycles. The maximum absolute atomic E-state index is 13.2. The van der Waals surface area contributed by atoms with E-state index in [0.29, 0.717) is 12.6 Å². The molecule has 0 aliphatic heterocycles. The largest absolute Gasteiger partial charge is 0.329 e. The van der Waals surface area contributed by atoms with Gasteiger partial charge in [-0.2, -0.15) is 0 Å². The Labute approximate surface area is 110 Å². The van der Waals surface area contributed by atoms with E-state index in [9.17, 15) is 4.39 Å². The molecule has 0 spiro atoms. The third-order valence-electron chi connectivity index (χ3n) is 3.82. The number of nitrogens with two attached hydrogens (primary N) is 1. The van der Waals surface area contributed by atoms with E-state index in [1.54, 1.807) is 6.07 Å². The van der Waals surface area contributed by atoms with Crippen LogP contribution in [0.15, 0.2) is 18.2 Å². The summed E-state index contributed by atoms with van der Waals surface area (Å²) in [5, 5.41) is 0. The van der Waals surface area contributed by atoms with Crippen molar-refractivity contribution in [1.29, 1.82) is 0 Å². The Morgan fingerprint density at radius 1 is 1.28 bits per heavy atom. The van der Waals surface area contributed by atoms with Gasteiger partial charge in [-0.15, -0.1) is 0 Å². The van der Waals surface area contributed by atoms with E-state index in [2.05, 4.69) is 25.8 Å². The van der Waals surface area contributed by atoms with Crippen molar-refractivity contribution < 1.29 is 4.39 Å². The van der Waals surface area contributed by atoms with Crippen LogP contribution in [0.25, 0.3) is 0 Å². The number of halogens is 1. The molecule has 0 bridgehead atoms. The number of aryl methyl sites for hydroxylation is 1. The fourth-order valence-corrected chi connectivity index (χ4v) is 2.64.